The Morgan fingerprint density at radius 2 is 1.17 bits per heavy atom. The molecule has 4 nitrogen and oxygen atoms in total. The van der Waals surface area contributed by atoms with Crippen LogP contribution in [-0.2, 0) is 9.59 Å². The largest absolute Gasteiger partial charge is 0.300 e. The van der Waals surface area contributed by atoms with Crippen molar-refractivity contribution in [1.29, 1.82) is 10.8 Å². The molecule has 1 saturated carbocycles. The molecule has 0 aromatic rings. The van der Waals surface area contributed by atoms with Gasteiger partial charge in [0.15, 0.2) is 11.6 Å². The van der Waals surface area contributed by atoms with E-state index in [-0.39, 0.29) is 11.4 Å². The van der Waals surface area contributed by atoms with Gasteiger partial charge in [0.05, 0.1) is 11.4 Å². The second-order valence-corrected chi connectivity index (χ2v) is 4.11. The Morgan fingerprint density at radius 1 is 0.917 bits per heavy atom. The molecule has 0 amide bonds. The van der Waals surface area contributed by atoms with E-state index in [1.54, 1.807) is 0 Å². The molecule has 0 aliphatic heterocycles. The van der Waals surface area contributed by atoms with Crippen molar-refractivity contribution in [2.75, 3.05) is 0 Å². The Morgan fingerprint density at radius 3 is 1.42 bits per heavy atom. The number of nitrogens with one attached hydrogen (secondary N) is 2. The Labute approximate surface area is 85.0 Å². The van der Waals surface area contributed by atoms with Crippen LogP contribution < -0.4 is 0 Å². The normalized spacial score (nSPS) is 31.2. The van der Waals surface area contributed by atoms with Crippen LogP contribution in [0.15, 0.2) is 0 Å². The minimum atomic E-state index is -0.939. The number of Topliss-reactive ketones (excluding diaryl/α,β-unsaturated/α-hetero) is 2. The third-order valence-electron chi connectivity index (χ3n) is 1.50. The lowest BCUT2D eigenvalue weighted by Gasteiger charge is -2.20. The van der Waals surface area contributed by atoms with Gasteiger partial charge < -0.3 is 0 Å². The van der Waals surface area contributed by atoms with Gasteiger partial charge in [0.1, 0.15) is 9.65 Å². The predicted molar refractivity (Wildman–Crippen MR) is 50.9 cm³/mol. The van der Waals surface area contributed by atoms with E-state index in [0.717, 1.165) is 0 Å². The van der Waals surface area contributed by atoms with Crippen molar-refractivity contribution < 1.29 is 9.59 Å². The lowest BCUT2D eigenvalue weighted by Crippen LogP contribution is -2.49. The first kappa shape index (κ1) is 9.73. The molecule has 0 aromatic carbocycles. The molecule has 0 heterocycles. The highest BCUT2D eigenvalue weighted by Crippen LogP contribution is 2.18. The number of ketones is 2. The van der Waals surface area contributed by atoms with Crippen molar-refractivity contribution in [2.45, 2.75) is 9.65 Å². The second kappa shape index (κ2) is 3.18. The Hall–Kier alpha value is -0.360. The highest BCUT2D eigenvalue weighted by molar-refractivity contribution is 9.10. The molecule has 0 saturated heterocycles. The van der Waals surface area contributed by atoms with Crippen LogP contribution >= 0.6 is 31.9 Å². The highest BCUT2D eigenvalue weighted by Gasteiger charge is 2.41. The van der Waals surface area contributed by atoms with Gasteiger partial charge in [0.25, 0.3) is 0 Å². The lowest BCUT2D eigenvalue weighted by molar-refractivity contribution is -0.116. The van der Waals surface area contributed by atoms with Crippen LogP contribution in [0.3, 0.4) is 0 Å². The van der Waals surface area contributed by atoms with Gasteiger partial charge in [-0.3, -0.25) is 20.4 Å². The summed E-state index contributed by atoms with van der Waals surface area (Å²) in [5.74, 6) is -1.05. The van der Waals surface area contributed by atoms with Crippen molar-refractivity contribution in [3.8, 4) is 0 Å². The summed E-state index contributed by atoms with van der Waals surface area (Å²) in [7, 11) is 0. The van der Waals surface area contributed by atoms with Crippen LogP contribution in [0.2, 0.25) is 0 Å². The summed E-state index contributed by atoms with van der Waals surface area (Å²) in [6, 6.07) is 0. The topological polar surface area (TPSA) is 81.8 Å². The molecule has 0 aromatic heterocycles. The maximum atomic E-state index is 11.1. The highest BCUT2D eigenvalue weighted by atomic mass is 79.9. The molecular formula is C6H4Br2N2O2. The minimum Gasteiger partial charge on any atom is -0.300 e. The smallest absolute Gasteiger partial charge is 0.197 e. The van der Waals surface area contributed by atoms with E-state index in [0.29, 0.717) is 0 Å². The molecule has 64 valence electrons. The molecule has 0 radical (unpaired) electrons. The Bertz CT molecular complexity index is 242. The van der Waals surface area contributed by atoms with Gasteiger partial charge in [-0.25, -0.2) is 0 Å². The van der Waals surface area contributed by atoms with E-state index in [1.807, 2.05) is 0 Å². The predicted octanol–water partition coefficient (Wildman–Crippen LogP) is 0.705. The monoisotopic (exact) mass is 294 g/mol. The first-order valence-electron chi connectivity index (χ1n) is 3.00. The molecule has 0 spiro atoms. The average molecular weight is 296 g/mol. The fourth-order valence-corrected chi connectivity index (χ4v) is 1.73. The van der Waals surface area contributed by atoms with Gasteiger partial charge in [0.2, 0.25) is 0 Å². The summed E-state index contributed by atoms with van der Waals surface area (Å²) in [5, 5.41) is 14.4. The molecule has 6 heteroatoms. The van der Waals surface area contributed by atoms with Gasteiger partial charge in [-0.1, -0.05) is 31.9 Å². The van der Waals surface area contributed by atoms with E-state index < -0.39 is 21.2 Å². The van der Waals surface area contributed by atoms with Crippen LogP contribution in [0, 0.1) is 10.8 Å². The molecule has 1 rings (SSSR count). The van der Waals surface area contributed by atoms with Crippen LogP contribution in [0.4, 0.5) is 0 Å². The van der Waals surface area contributed by atoms with Crippen molar-refractivity contribution in [3.05, 3.63) is 0 Å². The molecule has 1 aliphatic carbocycles. The minimum absolute atomic E-state index is 0.294. The fourth-order valence-electron chi connectivity index (χ4n) is 0.785. The molecule has 12 heavy (non-hydrogen) atoms. The van der Waals surface area contributed by atoms with Crippen LogP contribution in [-0.4, -0.2) is 32.6 Å². The van der Waals surface area contributed by atoms with Gasteiger partial charge >= 0.3 is 0 Å². The number of halogens is 2. The molecule has 1 fully saturated rings. The Balaban J connectivity index is 3.07. The fraction of sp³-hybridized carbons (Fsp3) is 0.333. The second-order valence-electron chi connectivity index (χ2n) is 2.28. The third-order valence-corrected chi connectivity index (χ3v) is 3.25. The molecule has 0 bridgehead atoms. The van der Waals surface area contributed by atoms with Gasteiger partial charge in [-0.2, -0.15) is 0 Å². The van der Waals surface area contributed by atoms with E-state index in [4.69, 9.17) is 10.8 Å². The van der Waals surface area contributed by atoms with E-state index in [9.17, 15) is 9.59 Å². The quantitative estimate of drug-likeness (QED) is 0.645. The number of hydrogen-bond donors (Lipinski definition) is 2. The van der Waals surface area contributed by atoms with Gasteiger partial charge in [0, 0.05) is 0 Å². The standard InChI is InChI=1S/C6H4Br2N2O2/c7-1-3(9)6(12)2(8)4(10)5(1)11/h1-2,9-10H. The first-order valence-corrected chi connectivity index (χ1v) is 4.83. The SMILES string of the molecule is N=C1C(=O)C(Br)C(=N)C(=O)C1Br. The zero-order chi connectivity index (χ0) is 9.46. The van der Waals surface area contributed by atoms with Gasteiger partial charge in [-0.15, -0.1) is 0 Å². The maximum Gasteiger partial charge on any atom is 0.197 e. The number of alkyl halides is 2. The first-order chi connectivity index (χ1) is 5.46. The summed E-state index contributed by atoms with van der Waals surface area (Å²) >= 11 is 5.74. The molecular weight excluding hydrogens is 292 g/mol. The molecule has 2 atom stereocenters. The van der Waals surface area contributed by atoms with Gasteiger partial charge in [-0.05, 0) is 0 Å². The van der Waals surface area contributed by atoms with Crippen molar-refractivity contribution in [3.63, 3.8) is 0 Å². The zero-order valence-corrected chi connectivity index (χ0v) is 8.90. The maximum absolute atomic E-state index is 11.1. The number of carbonyl (C=O) groups is 2. The van der Waals surface area contributed by atoms with E-state index >= 15 is 0 Å². The number of rotatable bonds is 0. The lowest BCUT2D eigenvalue weighted by atomic mass is 9.94. The van der Waals surface area contributed by atoms with Crippen molar-refractivity contribution in [1.82, 2.24) is 0 Å². The molecule has 1 aliphatic rings. The van der Waals surface area contributed by atoms with Crippen molar-refractivity contribution in [2.24, 2.45) is 0 Å². The summed E-state index contributed by atoms with van der Waals surface area (Å²) in [6.07, 6.45) is 0. The zero-order valence-electron chi connectivity index (χ0n) is 5.73. The summed E-state index contributed by atoms with van der Waals surface area (Å²) in [4.78, 5) is 20.3. The summed E-state index contributed by atoms with van der Waals surface area (Å²) < 4.78 is 0. The van der Waals surface area contributed by atoms with Crippen molar-refractivity contribution >= 4 is 54.8 Å². The number of hydrogen-bond acceptors (Lipinski definition) is 4. The van der Waals surface area contributed by atoms with Crippen LogP contribution in [0.5, 0.6) is 0 Å². The Kier molecular flexibility index (Phi) is 2.58. The van der Waals surface area contributed by atoms with E-state index in [2.05, 4.69) is 31.9 Å². The summed E-state index contributed by atoms with van der Waals surface area (Å²) in [5.41, 5.74) is -0.587. The summed E-state index contributed by atoms with van der Waals surface area (Å²) in [6.45, 7) is 0. The molecule has 2 N–H and O–H groups in total. The van der Waals surface area contributed by atoms with Crippen LogP contribution in [0.25, 0.3) is 0 Å². The van der Waals surface area contributed by atoms with E-state index in [1.165, 1.54) is 0 Å². The van der Waals surface area contributed by atoms with Crippen LogP contribution in [0.1, 0.15) is 0 Å². The molecule has 2 unspecified atom stereocenters. The third kappa shape index (κ3) is 1.29. The average Bonchev–Trinajstić information content (AvgIpc) is 2.08. The number of carbonyl (C=O) groups excluding carboxylic acids is 2.